The van der Waals surface area contributed by atoms with Gasteiger partial charge in [0.15, 0.2) is 16.3 Å². The number of imidazole rings is 1. The third-order valence-electron chi connectivity index (χ3n) is 2.85. The number of nitrogens with zero attached hydrogens (tertiary/aromatic N) is 1. The number of fused-ring (bicyclic) bond motifs is 1. The molecule has 2 aromatic rings. The molecule has 0 radical (unpaired) electrons. The van der Waals surface area contributed by atoms with Crippen molar-refractivity contribution >= 4 is 29.2 Å². The van der Waals surface area contributed by atoms with E-state index in [4.69, 9.17) is 22.7 Å². The molecule has 0 spiro atoms. The molecule has 1 amide bonds. The van der Waals surface area contributed by atoms with Gasteiger partial charge >= 0.3 is 0 Å². The van der Waals surface area contributed by atoms with Crippen molar-refractivity contribution in [1.29, 1.82) is 0 Å². The number of H-pyrrole nitrogens is 1. The number of carbonyl (C=O) groups excluding carboxylic acids is 1. The lowest BCUT2D eigenvalue weighted by Crippen LogP contribution is -2.11. The van der Waals surface area contributed by atoms with Crippen molar-refractivity contribution in [3.63, 3.8) is 0 Å². The van der Waals surface area contributed by atoms with Crippen molar-refractivity contribution in [2.24, 2.45) is 5.73 Å². The van der Waals surface area contributed by atoms with E-state index in [0.29, 0.717) is 23.3 Å². The smallest absolute Gasteiger partial charge is 0.217 e. The van der Waals surface area contributed by atoms with Gasteiger partial charge in [0.1, 0.15) is 0 Å². The maximum absolute atomic E-state index is 13.6. The van der Waals surface area contributed by atoms with Crippen LogP contribution >= 0.6 is 12.2 Å². The molecule has 0 saturated heterocycles. The number of aromatic amines is 1. The number of nitrogens with one attached hydrogen (secondary N) is 1. The molecule has 7 heteroatoms. The van der Waals surface area contributed by atoms with Crippen LogP contribution in [0.1, 0.15) is 12.8 Å². The first kappa shape index (κ1) is 13.5. The average Bonchev–Trinajstić information content (AvgIpc) is 2.63. The molecule has 0 unspecified atom stereocenters. The molecular weight excluding hydrogens is 269 g/mol. The molecule has 1 aromatic heterocycles. The minimum absolute atomic E-state index is 0.158. The van der Waals surface area contributed by atoms with Crippen LogP contribution in [0.4, 0.5) is 4.39 Å². The van der Waals surface area contributed by atoms with Crippen LogP contribution in [0.15, 0.2) is 12.1 Å². The minimum Gasteiger partial charge on any atom is -0.494 e. The third kappa shape index (κ3) is 2.76. The number of primary amides is 1. The van der Waals surface area contributed by atoms with Gasteiger partial charge in [-0.1, -0.05) is 0 Å². The molecule has 0 bridgehead atoms. The maximum Gasteiger partial charge on any atom is 0.217 e. The zero-order chi connectivity index (χ0) is 14.0. The second-order valence-corrected chi connectivity index (χ2v) is 4.54. The predicted molar refractivity (Wildman–Crippen MR) is 72.1 cm³/mol. The molecule has 0 fully saturated rings. The van der Waals surface area contributed by atoms with Gasteiger partial charge in [-0.15, -0.1) is 0 Å². The molecule has 0 saturated carbocycles. The lowest BCUT2D eigenvalue weighted by molar-refractivity contribution is -0.118. The van der Waals surface area contributed by atoms with Gasteiger partial charge in [-0.3, -0.25) is 4.79 Å². The molecule has 3 N–H and O–H groups in total. The lowest BCUT2D eigenvalue weighted by Gasteiger charge is -2.05. The van der Waals surface area contributed by atoms with E-state index < -0.39 is 5.82 Å². The third-order valence-corrected chi connectivity index (χ3v) is 3.18. The first-order valence-corrected chi connectivity index (χ1v) is 6.18. The molecule has 2 rings (SSSR count). The number of methoxy groups -OCH3 is 1. The Morgan fingerprint density at radius 3 is 2.95 bits per heavy atom. The number of rotatable bonds is 5. The lowest BCUT2D eigenvalue weighted by atomic mass is 10.2. The van der Waals surface area contributed by atoms with Gasteiger partial charge in [-0.2, -0.15) is 0 Å². The van der Waals surface area contributed by atoms with Crippen molar-refractivity contribution in [1.82, 2.24) is 9.55 Å². The largest absolute Gasteiger partial charge is 0.494 e. The van der Waals surface area contributed by atoms with Crippen molar-refractivity contribution in [3.05, 3.63) is 22.7 Å². The number of carbonyl (C=O) groups is 1. The Bertz CT molecular complexity index is 677. The van der Waals surface area contributed by atoms with Gasteiger partial charge in [0.25, 0.3) is 0 Å². The first-order valence-electron chi connectivity index (χ1n) is 5.77. The fraction of sp³-hybridized carbons (Fsp3) is 0.333. The second kappa shape index (κ2) is 5.40. The minimum atomic E-state index is -0.449. The van der Waals surface area contributed by atoms with Crippen LogP contribution in [0.3, 0.4) is 0 Å². The normalized spacial score (nSPS) is 10.8. The molecule has 1 heterocycles. The number of ether oxygens (including phenoxy) is 1. The summed E-state index contributed by atoms with van der Waals surface area (Å²) in [6.45, 7) is 0.538. The Kier molecular flexibility index (Phi) is 3.84. The van der Waals surface area contributed by atoms with Crippen molar-refractivity contribution in [3.8, 4) is 5.75 Å². The maximum atomic E-state index is 13.6. The summed E-state index contributed by atoms with van der Waals surface area (Å²) in [5.74, 6) is -0.643. The number of halogens is 1. The molecule has 0 aliphatic rings. The number of hydrogen-bond donors (Lipinski definition) is 2. The number of benzene rings is 1. The molecule has 0 atom stereocenters. The summed E-state index contributed by atoms with van der Waals surface area (Å²) >= 11 is 5.18. The van der Waals surface area contributed by atoms with E-state index in [1.165, 1.54) is 13.2 Å². The van der Waals surface area contributed by atoms with Crippen LogP contribution in [0, 0.1) is 10.6 Å². The fourth-order valence-electron chi connectivity index (χ4n) is 1.95. The quantitative estimate of drug-likeness (QED) is 0.825. The zero-order valence-corrected chi connectivity index (χ0v) is 11.2. The van der Waals surface area contributed by atoms with Crippen molar-refractivity contribution in [2.75, 3.05) is 7.11 Å². The highest BCUT2D eigenvalue weighted by Gasteiger charge is 2.10. The van der Waals surface area contributed by atoms with E-state index in [1.807, 2.05) is 0 Å². The highest BCUT2D eigenvalue weighted by Crippen LogP contribution is 2.24. The van der Waals surface area contributed by atoms with Crippen LogP contribution in [-0.2, 0) is 11.3 Å². The van der Waals surface area contributed by atoms with Crippen LogP contribution in [0.2, 0.25) is 0 Å². The van der Waals surface area contributed by atoms with Gasteiger partial charge in [0.2, 0.25) is 5.91 Å². The van der Waals surface area contributed by atoms with Gasteiger partial charge in [0.05, 0.1) is 18.1 Å². The molecule has 19 heavy (non-hydrogen) atoms. The Hall–Kier alpha value is -1.89. The topological polar surface area (TPSA) is 73.0 Å². The summed E-state index contributed by atoms with van der Waals surface area (Å²) in [4.78, 5) is 13.7. The van der Waals surface area contributed by atoms with E-state index in [-0.39, 0.29) is 18.1 Å². The van der Waals surface area contributed by atoms with E-state index >= 15 is 0 Å². The Labute approximate surface area is 114 Å². The van der Waals surface area contributed by atoms with Crippen LogP contribution in [0.5, 0.6) is 5.75 Å². The SMILES string of the molecule is COc1cc2c(cc1F)[nH]c(=S)n2CCCC(N)=O. The predicted octanol–water partition coefficient (Wildman–Crippen LogP) is 2.11. The zero-order valence-electron chi connectivity index (χ0n) is 10.4. The molecule has 1 aromatic carbocycles. The number of nitrogens with two attached hydrogens (primary N) is 1. The molecule has 0 aliphatic heterocycles. The van der Waals surface area contributed by atoms with Gasteiger partial charge in [-0.25, -0.2) is 4.39 Å². The highest BCUT2D eigenvalue weighted by molar-refractivity contribution is 7.71. The number of aryl methyl sites for hydroxylation is 1. The summed E-state index contributed by atoms with van der Waals surface area (Å²) in [5, 5.41) is 0. The van der Waals surface area contributed by atoms with Gasteiger partial charge in [0, 0.05) is 25.1 Å². The van der Waals surface area contributed by atoms with E-state index in [1.54, 1.807) is 10.6 Å². The molecule has 0 aliphatic carbocycles. The summed E-state index contributed by atoms with van der Waals surface area (Å²) in [7, 11) is 1.41. The van der Waals surface area contributed by atoms with E-state index in [0.717, 1.165) is 5.52 Å². The Morgan fingerprint density at radius 1 is 1.58 bits per heavy atom. The van der Waals surface area contributed by atoms with Crippen molar-refractivity contribution in [2.45, 2.75) is 19.4 Å². The van der Waals surface area contributed by atoms with Crippen LogP contribution < -0.4 is 10.5 Å². The summed E-state index contributed by atoms with van der Waals surface area (Å²) in [5.41, 5.74) is 6.44. The average molecular weight is 283 g/mol. The molecule has 5 nitrogen and oxygen atoms in total. The number of hydrogen-bond acceptors (Lipinski definition) is 3. The number of amides is 1. The highest BCUT2D eigenvalue weighted by atomic mass is 32.1. The van der Waals surface area contributed by atoms with Gasteiger partial charge < -0.3 is 20.0 Å². The molecular formula is C12H14FN3O2S. The summed E-state index contributed by atoms with van der Waals surface area (Å²) in [6, 6.07) is 2.93. The summed E-state index contributed by atoms with van der Waals surface area (Å²) < 4.78 is 20.8. The van der Waals surface area contributed by atoms with E-state index in [2.05, 4.69) is 4.98 Å². The first-order chi connectivity index (χ1) is 9.02. The number of aromatic nitrogens is 2. The molecule has 102 valence electrons. The fourth-order valence-corrected chi connectivity index (χ4v) is 2.25. The Morgan fingerprint density at radius 2 is 2.32 bits per heavy atom. The van der Waals surface area contributed by atoms with Crippen LogP contribution in [0.25, 0.3) is 11.0 Å². The van der Waals surface area contributed by atoms with Gasteiger partial charge in [-0.05, 0) is 18.6 Å². The van der Waals surface area contributed by atoms with Crippen molar-refractivity contribution < 1.29 is 13.9 Å². The van der Waals surface area contributed by atoms with E-state index in [9.17, 15) is 9.18 Å². The second-order valence-electron chi connectivity index (χ2n) is 4.16. The summed E-state index contributed by atoms with van der Waals surface area (Å²) in [6.07, 6.45) is 0.864. The monoisotopic (exact) mass is 283 g/mol. The Balaban J connectivity index is 2.39. The standard InChI is InChI=1S/C12H14FN3O2S/c1-18-10-6-9-8(5-7(10)13)15-12(19)16(9)4-2-3-11(14)17/h5-6H,2-4H2,1H3,(H2,14,17)(H,15,19). The van der Waals surface area contributed by atoms with Crippen LogP contribution in [-0.4, -0.2) is 22.6 Å².